The van der Waals surface area contributed by atoms with Crippen molar-refractivity contribution in [2.24, 2.45) is 0 Å². The Labute approximate surface area is 203 Å². The van der Waals surface area contributed by atoms with Crippen LogP contribution in [0.15, 0.2) is 78.9 Å². The van der Waals surface area contributed by atoms with Gasteiger partial charge < -0.3 is 15.3 Å². The third-order valence-electron chi connectivity index (χ3n) is 5.16. The highest BCUT2D eigenvalue weighted by molar-refractivity contribution is 6.30. The van der Waals surface area contributed by atoms with E-state index >= 15 is 0 Å². The van der Waals surface area contributed by atoms with E-state index in [1.165, 1.54) is 0 Å². The number of carbonyl (C=O) groups excluding carboxylic acids is 2. The fourth-order valence-electron chi connectivity index (χ4n) is 3.48. The van der Waals surface area contributed by atoms with Gasteiger partial charge >= 0.3 is 0 Å². The minimum absolute atomic E-state index is 0.0275. The van der Waals surface area contributed by atoms with Gasteiger partial charge in [-0.2, -0.15) is 0 Å². The minimum Gasteiger partial charge on any atom is -0.396 e. The van der Waals surface area contributed by atoms with Crippen LogP contribution in [0.2, 0.25) is 10.0 Å². The van der Waals surface area contributed by atoms with Crippen molar-refractivity contribution in [3.63, 3.8) is 0 Å². The molecule has 0 aromatic heterocycles. The molecule has 5 nitrogen and oxygen atoms in total. The highest BCUT2D eigenvalue weighted by atomic mass is 35.5. The van der Waals surface area contributed by atoms with Crippen LogP contribution in [-0.2, 0) is 22.6 Å². The third kappa shape index (κ3) is 7.32. The van der Waals surface area contributed by atoms with Crippen molar-refractivity contribution >= 4 is 35.0 Å². The van der Waals surface area contributed by atoms with Crippen LogP contribution in [0.4, 0.5) is 0 Å². The number of aliphatic hydroxyl groups is 1. The molecule has 0 radical (unpaired) electrons. The fourth-order valence-corrected chi connectivity index (χ4v) is 3.74. The van der Waals surface area contributed by atoms with E-state index in [4.69, 9.17) is 28.3 Å². The summed E-state index contributed by atoms with van der Waals surface area (Å²) < 4.78 is 0. The molecule has 0 heterocycles. The molecule has 0 aliphatic heterocycles. The van der Waals surface area contributed by atoms with E-state index in [2.05, 4.69) is 5.32 Å². The largest absolute Gasteiger partial charge is 0.396 e. The molecule has 3 aromatic carbocycles. The number of aliphatic hydroxyl groups excluding tert-OH is 1. The number of nitrogens with one attached hydrogen (secondary N) is 1. The topological polar surface area (TPSA) is 69.6 Å². The number of hydrogen-bond donors (Lipinski definition) is 2. The van der Waals surface area contributed by atoms with Crippen LogP contribution in [0, 0.1) is 0 Å². The van der Waals surface area contributed by atoms with Gasteiger partial charge in [-0.05, 0) is 47.4 Å². The van der Waals surface area contributed by atoms with Crippen molar-refractivity contribution in [1.29, 1.82) is 0 Å². The molecule has 2 amide bonds. The van der Waals surface area contributed by atoms with E-state index in [0.717, 1.165) is 11.1 Å². The quantitative estimate of drug-likeness (QED) is 0.405. The first-order chi connectivity index (χ1) is 16.0. The molecule has 0 saturated carbocycles. The first-order valence-corrected chi connectivity index (χ1v) is 11.5. The van der Waals surface area contributed by atoms with E-state index in [9.17, 15) is 9.59 Å². The van der Waals surface area contributed by atoms with Crippen molar-refractivity contribution in [1.82, 2.24) is 10.2 Å². The fraction of sp³-hybridized carbons (Fsp3) is 0.231. The maximum absolute atomic E-state index is 13.6. The van der Waals surface area contributed by atoms with Gasteiger partial charge in [0.2, 0.25) is 11.8 Å². The molecule has 0 saturated heterocycles. The molecule has 2 N–H and O–H groups in total. The van der Waals surface area contributed by atoms with E-state index in [0.29, 0.717) is 28.6 Å². The summed E-state index contributed by atoms with van der Waals surface area (Å²) in [5.74, 6) is -0.494. The predicted octanol–water partition coefficient (Wildman–Crippen LogP) is 4.80. The van der Waals surface area contributed by atoms with Gasteiger partial charge in [0, 0.05) is 29.7 Å². The summed E-state index contributed by atoms with van der Waals surface area (Å²) in [6.07, 6.45) is 0.557. The summed E-state index contributed by atoms with van der Waals surface area (Å²) in [6.45, 7) is 0.523. The molecular formula is C26H26Cl2N2O3. The lowest BCUT2D eigenvalue weighted by Crippen LogP contribution is -2.44. The number of rotatable bonds is 10. The molecule has 0 unspecified atom stereocenters. The van der Waals surface area contributed by atoms with E-state index in [1.807, 2.05) is 42.5 Å². The second-order valence-electron chi connectivity index (χ2n) is 7.63. The van der Waals surface area contributed by atoms with Crippen molar-refractivity contribution in [2.45, 2.75) is 25.4 Å². The van der Waals surface area contributed by atoms with Gasteiger partial charge in [-0.1, -0.05) is 77.8 Å². The SMILES string of the molecule is O=C(NCCCO)[C@H](c1ccccc1)N(Cc1ccc(Cl)cc1)C(=O)Cc1ccc(Cl)cc1. The molecule has 0 bridgehead atoms. The summed E-state index contributed by atoms with van der Waals surface area (Å²) in [6, 6.07) is 22.7. The van der Waals surface area contributed by atoms with Gasteiger partial charge in [0.15, 0.2) is 0 Å². The van der Waals surface area contributed by atoms with Gasteiger partial charge in [0.05, 0.1) is 6.42 Å². The minimum atomic E-state index is -0.833. The summed E-state index contributed by atoms with van der Waals surface area (Å²) in [4.78, 5) is 28.4. The molecule has 1 atom stereocenters. The van der Waals surface area contributed by atoms with Gasteiger partial charge in [0.1, 0.15) is 6.04 Å². The molecule has 172 valence electrons. The van der Waals surface area contributed by atoms with Gasteiger partial charge in [-0.15, -0.1) is 0 Å². The Bertz CT molecular complexity index is 1040. The lowest BCUT2D eigenvalue weighted by atomic mass is 10.0. The van der Waals surface area contributed by atoms with Crippen LogP contribution in [-0.4, -0.2) is 35.0 Å². The Hall–Kier alpha value is -2.86. The van der Waals surface area contributed by atoms with Crippen molar-refractivity contribution in [2.75, 3.05) is 13.2 Å². The number of hydrogen-bond acceptors (Lipinski definition) is 3. The maximum atomic E-state index is 13.6. The average Bonchev–Trinajstić information content (AvgIpc) is 2.82. The van der Waals surface area contributed by atoms with Crippen LogP contribution in [0.5, 0.6) is 0 Å². The number of carbonyl (C=O) groups is 2. The second-order valence-corrected chi connectivity index (χ2v) is 8.51. The van der Waals surface area contributed by atoms with Crippen LogP contribution in [0.3, 0.4) is 0 Å². The Morgan fingerprint density at radius 2 is 1.42 bits per heavy atom. The van der Waals surface area contributed by atoms with E-state index in [-0.39, 0.29) is 31.4 Å². The van der Waals surface area contributed by atoms with Crippen molar-refractivity contribution in [3.8, 4) is 0 Å². The first kappa shape index (κ1) is 24.8. The Balaban J connectivity index is 1.96. The maximum Gasteiger partial charge on any atom is 0.247 e. The molecule has 0 spiro atoms. The van der Waals surface area contributed by atoms with Crippen molar-refractivity contribution < 1.29 is 14.7 Å². The van der Waals surface area contributed by atoms with Crippen LogP contribution in [0.25, 0.3) is 0 Å². The highest BCUT2D eigenvalue weighted by Crippen LogP contribution is 2.25. The molecule has 0 fully saturated rings. The summed E-state index contributed by atoms with van der Waals surface area (Å²) in [7, 11) is 0. The van der Waals surface area contributed by atoms with E-state index in [1.54, 1.807) is 41.3 Å². The molecular weight excluding hydrogens is 459 g/mol. The molecule has 3 aromatic rings. The normalized spacial score (nSPS) is 11.6. The zero-order valence-corrected chi connectivity index (χ0v) is 19.6. The lowest BCUT2D eigenvalue weighted by molar-refractivity contribution is -0.141. The smallest absolute Gasteiger partial charge is 0.247 e. The number of benzene rings is 3. The molecule has 0 aliphatic rings. The molecule has 0 aliphatic carbocycles. The average molecular weight is 485 g/mol. The second kappa shape index (κ2) is 12.4. The van der Waals surface area contributed by atoms with E-state index < -0.39 is 6.04 Å². The zero-order chi connectivity index (χ0) is 23.6. The summed E-state index contributed by atoms with van der Waals surface area (Å²) >= 11 is 12.0. The molecule has 3 rings (SSSR count). The molecule has 7 heteroatoms. The highest BCUT2D eigenvalue weighted by Gasteiger charge is 2.31. The Kier molecular flexibility index (Phi) is 9.31. The predicted molar refractivity (Wildman–Crippen MR) is 131 cm³/mol. The van der Waals surface area contributed by atoms with Gasteiger partial charge in [-0.25, -0.2) is 0 Å². The van der Waals surface area contributed by atoms with Gasteiger partial charge in [-0.3, -0.25) is 9.59 Å². The van der Waals surface area contributed by atoms with Crippen LogP contribution in [0.1, 0.15) is 29.2 Å². The lowest BCUT2D eigenvalue weighted by Gasteiger charge is -2.32. The monoisotopic (exact) mass is 484 g/mol. The standard InChI is InChI=1S/C26H26Cl2N2O3/c27-22-11-7-19(8-12-22)17-24(32)30(18-20-9-13-23(28)14-10-20)25(21-5-2-1-3-6-21)26(33)29-15-4-16-31/h1-3,5-14,25,31H,4,15-18H2,(H,29,33)/t25-/m0/s1. The number of amides is 2. The third-order valence-corrected chi connectivity index (χ3v) is 5.67. The van der Waals surface area contributed by atoms with Crippen LogP contribution < -0.4 is 5.32 Å². The van der Waals surface area contributed by atoms with Gasteiger partial charge in [0.25, 0.3) is 0 Å². The van der Waals surface area contributed by atoms with Crippen molar-refractivity contribution in [3.05, 3.63) is 106 Å². The molecule has 33 heavy (non-hydrogen) atoms. The zero-order valence-electron chi connectivity index (χ0n) is 18.1. The summed E-state index contributed by atoms with van der Waals surface area (Å²) in [5, 5.41) is 13.1. The Morgan fingerprint density at radius 3 is 2.00 bits per heavy atom. The first-order valence-electron chi connectivity index (χ1n) is 10.7. The Morgan fingerprint density at radius 1 is 0.848 bits per heavy atom. The number of halogens is 2. The number of nitrogens with zero attached hydrogens (tertiary/aromatic N) is 1. The van der Waals surface area contributed by atoms with Crippen LogP contribution >= 0.6 is 23.2 Å². The summed E-state index contributed by atoms with van der Waals surface area (Å²) in [5.41, 5.74) is 2.36.